The van der Waals surface area contributed by atoms with Gasteiger partial charge in [0.2, 0.25) is 0 Å². The zero-order valence-electron chi connectivity index (χ0n) is 53.8. The predicted octanol–water partition coefficient (Wildman–Crippen LogP) is 20.6. The van der Waals surface area contributed by atoms with Crippen LogP contribution in [0.3, 0.4) is 0 Å². The van der Waals surface area contributed by atoms with Crippen LogP contribution in [0.1, 0.15) is 258 Å². The minimum Gasteiger partial charge on any atom is -0.477 e. The number of ether oxygens (including phenoxy) is 4. The number of unbranched alkanes of at least 4 members (excludes halogenated alkanes) is 23. The highest BCUT2D eigenvalue weighted by molar-refractivity contribution is 5.71. The van der Waals surface area contributed by atoms with Crippen molar-refractivity contribution in [2.24, 2.45) is 0 Å². The number of likely N-dealkylation sites (N-methyl/N-ethyl adjacent to an activating group) is 1. The van der Waals surface area contributed by atoms with Gasteiger partial charge in [-0.2, -0.15) is 0 Å². The van der Waals surface area contributed by atoms with E-state index in [4.69, 9.17) is 18.9 Å². The largest absolute Gasteiger partial charge is 0.477 e. The maximum atomic E-state index is 12.9. The molecule has 0 heterocycles. The molecule has 9 nitrogen and oxygen atoms in total. The van der Waals surface area contributed by atoms with Crippen LogP contribution in [0.25, 0.3) is 0 Å². The van der Waals surface area contributed by atoms with Crippen LogP contribution in [-0.2, 0) is 33.3 Å². The summed E-state index contributed by atoms with van der Waals surface area (Å²) in [5.41, 5.74) is 0. The number of carboxylic acid groups (broad SMARTS) is 1. The van der Waals surface area contributed by atoms with Gasteiger partial charge in [-0.15, -0.1) is 0 Å². The molecule has 83 heavy (non-hydrogen) atoms. The van der Waals surface area contributed by atoms with Crippen LogP contribution in [-0.4, -0.2) is 87.4 Å². The Morgan fingerprint density at radius 2 is 0.663 bits per heavy atom. The summed E-state index contributed by atoms with van der Waals surface area (Å²) >= 11 is 0. The Kier molecular flexibility index (Phi) is 60.0. The molecule has 0 bridgehead atoms. The molecule has 0 aliphatic rings. The average Bonchev–Trinajstić information content (AvgIpc) is 3.46. The van der Waals surface area contributed by atoms with Crippen LogP contribution in [0.2, 0.25) is 0 Å². The highest BCUT2D eigenvalue weighted by atomic mass is 16.7. The topological polar surface area (TPSA) is 108 Å². The SMILES string of the molecule is CC/C=C\C/C=C\C/C=C\C/C=C\C/C=C\C/C=C\C/C=C\CCCC(=O)OC(COC(=O)CCCCCCCCCCCCCCCCCCCCCCCC/C=C\C/C=C\C/C=C\C/C=C\CC)COC(OCC[N+](C)(C)C)C(=O)O. The van der Waals surface area contributed by atoms with Crippen molar-refractivity contribution in [3.8, 4) is 0 Å². The first-order chi connectivity index (χ1) is 40.6. The number of nitrogens with zero attached hydrogens (tertiary/aromatic N) is 1. The molecule has 0 fully saturated rings. The first-order valence-corrected chi connectivity index (χ1v) is 33.3. The molecule has 0 aromatic rings. The van der Waals surface area contributed by atoms with E-state index in [1.807, 2.05) is 21.1 Å². The molecule has 9 heteroatoms. The van der Waals surface area contributed by atoms with Gasteiger partial charge in [0.1, 0.15) is 13.2 Å². The molecule has 0 aromatic carbocycles. The van der Waals surface area contributed by atoms with Crippen molar-refractivity contribution in [3.05, 3.63) is 134 Å². The van der Waals surface area contributed by atoms with Gasteiger partial charge in [-0.1, -0.05) is 276 Å². The quantitative estimate of drug-likeness (QED) is 0.0211. The number of carbonyl (C=O) groups is 3. The molecule has 0 radical (unpaired) electrons. The zero-order chi connectivity index (χ0) is 60.5. The minimum absolute atomic E-state index is 0.171. The fourth-order valence-electron chi connectivity index (χ4n) is 8.88. The average molecular weight is 1160 g/mol. The summed E-state index contributed by atoms with van der Waals surface area (Å²) in [5.74, 6) is -2.09. The fourth-order valence-corrected chi connectivity index (χ4v) is 8.88. The Morgan fingerprint density at radius 1 is 0.361 bits per heavy atom. The molecule has 0 aromatic heterocycles. The summed E-state index contributed by atoms with van der Waals surface area (Å²) in [4.78, 5) is 37.5. The molecule has 2 unspecified atom stereocenters. The van der Waals surface area contributed by atoms with E-state index in [1.165, 1.54) is 128 Å². The van der Waals surface area contributed by atoms with Crippen molar-refractivity contribution in [1.29, 1.82) is 0 Å². The number of esters is 2. The Labute approximate surface area is 509 Å². The first-order valence-electron chi connectivity index (χ1n) is 33.3. The summed E-state index contributed by atoms with van der Waals surface area (Å²) in [5, 5.41) is 9.73. The number of carbonyl (C=O) groups excluding carboxylic acids is 2. The maximum Gasteiger partial charge on any atom is 0.361 e. The predicted molar refractivity (Wildman–Crippen MR) is 354 cm³/mol. The molecule has 0 spiro atoms. The van der Waals surface area contributed by atoms with Gasteiger partial charge in [-0.25, -0.2) is 4.79 Å². The van der Waals surface area contributed by atoms with E-state index in [-0.39, 0.29) is 38.6 Å². The minimum atomic E-state index is -1.53. The van der Waals surface area contributed by atoms with Gasteiger partial charge in [0.15, 0.2) is 6.10 Å². The molecule has 2 atom stereocenters. The van der Waals surface area contributed by atoms with Crippen LogP contribution < -0.4 is 0 Å². The standard InChI is InChI=1S/C74H123NO8/c1-6-8-10-12-14-16-18-20-22-24-26-28-30-31-32-33-34-35-36-37-38-39-40-41-43-44-46-48-50-52-54-56-58-60-62-64-71(76)81-68-70(69-82-74(73(78)79)80-67-66-75(3,4)5)83-72(77)65-63-61-59-57-55-53-51-49-47-45-42-29-27-25-23-21-19-17-15-13-11-9-7-2/h8-11,14-17,20-23,26-29,45,47,51,53,57,59,70,74H,6-7,12-13,18-19,24-25,30-44,46,48-50,52,54-56,58,60-69H2,1-5H3/p+1/b10-8-,11-9-,16-14-,17-15-,22-20-,23-21-,28-26-,29-27-,47-45-,53-51-,59-57-. The second-order valence-corrected chi connectivity index (χ2v) is 23.0. The Balaban J connectivity index is 4.16. The highest BCUT2D eigenvalue weighted by Crippen LogP contribution is 2.17. The number of hydrogen-bond acceptors (Lipinski definition) is 7. The molecule has 0 aliphatic heterocycles. The Morgan fingerprint density at radius 3 is 1.00 bits per heavy atom. The molecule has 0 saturated heterocycles. The van der Waals surface area contributed by atoms with Crippen molar-refractivity contribution in [3.63, 3.8) is 0 Å². The summed E-state index contributed by atoms with van der Waals surface area (Å²) in [6, 6.07) is 0. The number of allylic oxidation sites excluding steroid dienone is 22. The third-order valence-electron chi connectivity index (χ3n) is 13.9. The molecule has 0 saturated carbocycles. The van der Waals surface area contributed by atoms with Gasteiger partial charge < -0.3 is 28.5 Å². The zero-order valence-corrected chi connectivity index (χ0v) is 53.8. The lowest BCUT2D eigenvalue weighted by Crippen LogP contribution is -2.40. The van der Waals surface area contributed by atoms with Crippen molar-refractivity contribution in [2.75, 3.05) is 47.5 Å². The lowest BCUT2D eigenvalue weighted by atomic mass is 10.0. The summed E-state index contributed by atoms with van der Waals surface area (Å²) in [7, 11) is 5.95. The third-order valence-corrected chi connectivity index (χ3v) is 13.9. The number of hydrogen-bond donors (Lipinski definition) is 1. The molecular formula is C74H124NO8+. The molecule has 0 aliphatic carbocycles. The van der Waals surface area contributed by atoms with Crippen molar-refractivity contribution in [1.82, 2.24) is 0 Å². The Bertz CT molecular complexity index is 1820. The number of rotatable bonds is 60. The lowest BCUT2D eigenvalue weighted by Gasteiger charge is -2.25. The van der Waals surface area contributed by atoms with E-state index in [2.05, 4.69) is 148 Å². The second kappa shape index (κ2) is 63.5. The number of aliphatic carboxylic acids is 1. The number of quaternary nitrogens is 1. The Hall–Kier alpha value is -4.57. The van der Waals surface area contributed by atoms with E-state index >= 15 is 0 Å². The first kappa shape index (κ1) is 78.4. The summed E-state index contributed by atoms with van der Waals surface area (Å²) in [6.07, 6.45) is 88.6. The normalized spacial score (nSPS) is 13.6. The van der Waals surface area contributed by atoms with Gasteiger partial charge in [0.05, 0.1) is 34.4 Å². The van der Waals surface area contributed by atoms with Gasteiger partial charge in [-0.3, -0.25) is 9.59 Å². The van der Waals surface area contributed by atoms with Gasteiger partial charge in [0, 0.05) is 12.8 Å². The van der Waals surface area contributed by atoms with E-state index in [0.29, 0.717) is 23.9 Å². The second-order valence-electron chi connectivity index (χ2n) is 23.0. The van der Waals surface area contributed by atoms with Crippen LogP contribution in [0.5, 0.6) is 0 Å². The van der Waals surface area contributed by atoms with E-state index in [1.54, 1.807) is 0 Å². The van der Waals surface area contributed by atoms with Crippen molar-refractivity contribution >= 4 is 17.9 Å². The highest BCUT2D eigenvalue weighted by Gasteiger charge is 2.25. The smallest absolute Gasteiger partial charge is 0.361 e. The van der Waals surface area contributed by atoms with Gasteiger partial charge in [-0.05, 0) is 103 Å². The lowest BCUT2D eigenvalue weighted by molar-refractivity contribution is -0.870. The molecule has 1 N–H and O–H groups in total. The van der Waals surface area contributed by atoms with Crippen LogP contribution in [0.15, 0.2) is 134 Å². The van der Waals surface area contributed by atoms with Crippen molar-refractivity contribution < 1.29 is 42.9 Å². The maximum absolute atomic E-state index is 12.9. The molecule has 0 rings (SSSR count). The molecular weight excluding hydrogens is 1030 g/mol. The third kappa shape index (κ3) is 64.8. The van der Waals surface area contributed by atoms with E-state index in [0.717, 1.165) is 89.9 Å². The summed E-state index contributed by atoms with van der Waals surface area (Å²) < 4.78 is 22.9. The van der Waals surface area contributed by atoms with Crippen LogP contribution in [0, 0.1) is 0 Å². The van der Waals surface area contributed by atoms with Gasteiger partial charge >= 0.3 is 17.9 Å². The monoisotopic (exact) mass is 1150 g/mol. The summed E-state index contributed by atoms with van der Waals surface area (Å²) in [6.45, 7) is 4.59. The molecule has 0 amide bonds. The molecule has 472 valence electrons. The van der Waals surface area contributed by atoms with Crippen LogP contribution in [0.4, 0.5) is 0 Å². The number of carboxylic acids is 1. The van der Waals surface area contributed by atoms with Crippen LogP contribution >= 0.6 is 0 Å². The van der Waals surface area contributed by atoms with Gasteiger partial charge in [0.25, 0.3) is 6.29 Å². The van der Waals surface area contributed by atoms with E-state index < -0.39 is 24.3 Å². The fraction of sp³-hybridized carbons (Fsp3) is 0.662. The van der Waals surface area contributed by atoms with E-state index in [9.17, 15) is 19.5 Å². The van der Waals surface area contributed by atoms with Crippen molar-refractivity contribution in [2.45, 2.75) is 270 Å².